The molecule has 1 fully saturated rings. The SMILES string of the molecule is O=C(O)c1ccc(CNC(=O)C2CCCC2)o1. The van der Waals surface area contributed by atoms with Crippen LogP contribution in [0.1, 0.15) is 42.0 Å². The molecule has 2 N–H and O–H groups in total. The highest BCUT2D eigenvalue weighted by Gasteiger charge is 2.22. The molecule has 0 unspecified atom stereocenters. The van der Waals surface area contributed by atoms with Crippen LogP contribution in [0.25, 0.3) is 0 Å². The van der Waals surface area contributed by atoms with Crippen molar-refractivity contribution in [3.8, 4) is 0 Å². The minimum absolute atomic E-state index is 0.0378. The fraction of sp³-hybridized carbons (Fsp3) is 0.500. The molecule has 1 aromatic heterocycles. The van der Waals surface area contributed by atoms with E-state index in [-0.39, 0.29) is 24.1 Å². The van der Waals surface area contributed by atoms with Crippen LogP contribution in [0.15, 0.2) is 16.5 Å². The zero-order valence-corrected chi connectivity index (χ0v) is 9.44. The Morgan fingerprint density at radius 2 is 2.06 bits per heavy atom. The maximum absolute atomic E-state index is 11.7. The Kier molecular flexibility index (Phi) is 3.46. The molecular weight excluding hydrogens is 222 g/mol. The van der Waals surface area contributed by atoms with E-state index in [1.54, 1.807) is 6.07 Å². The van der Waals surface area contributed by atoms with Crippen molar-refractivity contribution in [2.24, 2.45) is 5.92 Å². The number of hydrogen-bond acceptors (Lipinski definition) is 3. The van der Waals surface area contributed by atoms with E-state index >= 15 is 0 Å². The van der Waals surface area contributed by atoms with Gasteiger partial charge in [0.1, 0.15) is 5.76 Å². The first-order chi connectivity index (χ1) is 8.16. The van der Waals surface area contributed by atoms with Gasteiger partial charge in [0.2, 0.25) is 11.7 Å². The minimum Gasteiger partial charge on any atom is -0.475 e. The number of carboxylic acids is 1. The smallest absolute Gasteiger partial charge is 0.371 e. The van der Waals surface area contributed by atoms with E-state index in [4.69, 9.17) is 9.52 Å². The van der Waals surface area contributed by atoms with Gasteiger partial charge in [-0.15, -0.1) is 0 Å². The maximum atomic E-state index is 11.7. The van der Waals surface area contributed by atoms with E-state index in [0.717, 1.165) is 25.7 Å². The summed E-state index contributed by atoms with van der Waals surface area (Å²) in [4.78, 5) is 22.3. The van der Waals surface area contributed by atoms with Crippen molar-refractivity contribution in [1.29, 1.82) is 0 Å². The summed E-state index contributed by atoms with van der Waals surface area (Å²) >= 11 is 0. The molecule has 5 nitrogen and oxygen atoms in total. The zero-order valence-electron chi connectivity index (χ0n) is 9.44. The molecule has 1 aromatic rings. The van der Waals surface area contributed by atoms with Gasteiger partial charge in [0, 0.05) is 5.92 Å². The van der Waals surface area contributed by atoms with E-state index in [9.17, 15) is 9.59 Å². The van der Waals surface area contributed by atoms with Crippen LogP contribution in [-0.4, -0.2) is 17.0 Å². The third kappa shape index (κ3) is 2.87. The van der Waals surface area contributed by atoms with Crippen LogP contribution >= 0.6 is 0 Å². The first-order valence-corrected chi connectivity index (χ1v) is 5.76. The third-order valence-corrected chi connectivity index (χ3v) is 3.04. The molecule has 0 atom stereocenters. The van der Waals surface area contributed by atoms with Crippen LogP contribution in [0.4, 0.5) is 0 Å². The average Bonchev–Trinajstić information content (AvgIpc) is 2.97. The van der Waals surface area contributed by atoms with Crippen molar-refractivity contribution in [2.75, 3.05) is 0 Å². The number of carboxylic acid groups (broad SMARTS) is 1. The van der Waals surface area contributed by atoms with E-state index in [1.807, 2.05) is 0 Å². The van der Waals surface area contributed by atoms with Gasteiger partial charge in [-0.2, -0.15) is 0 Å². The molecule has 0 aromatic carbocycles. The Bertz CT molecular complexity index is 418. The van der Waals surface area contributed by atoms with Crippen LogP contribution in [0.3, 0.4) is 0 Å². The number of carbonyl (C=O) groups excluding carboxylic acids is 1. The lowest BCUT2D eigenvalue weighted by Crippen LogP contribution is -2.28. The molecular formula is C12H15NO4. The fourth-order valence-electron chi connectivity index (χ4n) is 2.09. The molecule has 0 spiro atoms. The molecule has 17 heavy (non-hydrogen) atoms. The number of hydrogen-bond donors (Lipinski definition) is 2. The van der Waals surface area contributed by atoms with E-state index in [1.165, 1.54) is 6.07 Å². The van der Waals surface area contributed by atoms with Crippen molar-refractivity contribution in [2.45, 2.75) is 32.2 Å². The molecule has 1 amide bonds. The van der Waals surface area contributed by atoms with Gasteiger partial charge >= 0.3 is 5.97 Å². The van der Waals surface area contributed by atoms with Gasteiger partial charge in [0.15, 0.2) is 0 Å². The largest absolute Gasteiger partial charge is 0.475 e. The number of carbonyl (C=O) groups is 2. The average molecular weight is 237 g/mol. The Morgan fingerprint density at radius 1 is 1.35 bits per heavy atom. The first kappa shape index (κ1) is 11.7. The van der Waals surface area contributed by atoms with Crippen LogP contribution < -0.4 is 5.32 Å². The lowest BCUT2D eigenvalue weighted by Gasteiger charge is -2.08. The molecule has 0 radical (unpaired) electrons. The molecule has 0 aliphatic heterocycles. The molecule has 1 heterocycles. The summed E-state index contributed by atoms with van der Waals surface area (Å²) in [6.45, 7) is 0.253. The number of furan rings is 1. The highest BCUT2D eigenvalue weighted by molar-refractivity contribution is 5.84. The van der Waals surface area contributed by atoms with Gasteiger partial charge in [-0.25, -0.2) is 4.79 Å². The standard InChI is InChI=1S/C12H15NO4/c14-11(8-3-1-2-4-8)13-7-9-5-6-10(17-9)12(15)16/h5-6,8H,1-4,7H2,(H,13,14)(H,15,16). The molecule has 1 saturated carbocycles. The summed E-state index contributed by atoms with van der Waals surface area (Å²) in [5, 5.41) is 11.4. The quantitative estimate of drug-likeness (QED) is 0.836. The normalized spacial score (nSPS) is 16.0. The highest BCUT2D eigenvalue weighted by Crippen LogP contribution is 2.24. The molecule has 92 valence electrons. The zero-order chi connectivity index (χ0) is 12.3. The molecule has 1 aliphatic rings. The first-order valence-electron chi connectivity index (χ1n) is 5.76. The van der Waals surface area contributed by atoms with E-state index in [2.05, 4.69) is 5.32 Å². The molecule has 2 rings (SSSR count). The van der Waals surface area contributed by atoms with Gasteiger partial charge in [-0.3, -0.25) is 4.79 Å². The second kappa shape index (κ2) is 5.03. The van der Waals surface area contributed by atoms with E-state index in [0.29, 0.717) is 5.76 Å². The Labute approximate surface area is 98.8 Å². The summed E-state index contributed by atoms with van der Waals surface area (Å²) in [5.74, 6) is -0.582. The van der Waals surface area contributed by atoms with Crippen molar-refractivity contribution in [3.63, 3.8) is 0 Å². The van der Waals surface area contributed by atoms with Crippen molar-refractivity contribution in [3.05, 3.63) is 23.7 Å². The summed E-state index contributed by atoms with van der Waals surface area (Å²) in [6, 6.07) is 2.96. The van der Waals surface area contributed by atoms with Gasteiger partial charge in [-0.05, 0) is 25.0 Å². The van der Waals surface area contributed by atoms with Crippen LogP contribution in [-0.2, 0) is 11.3 Å². The lowest BCUT2D eigenvalue weighted by atomic mass is 10.1. The van der Waals surface area contributed by atoms with Gasteiger partial charge in [-0.1, -0.05) is 12.8 Å². The summed E-state index contributed by atoms with van der Waals surface area (Å²) in [5.41, 5.74) is 0. The van der Waals surface area contributed by atoms with E-state index < -0.39 is 5.97 Å². The molecule has 0 saturated heterocycles. The predicted octanol–water partition coefficient (Wildman–Crippen LogP) is 1.78. The number of amides is 1. The number of nitrogens with one attached hydrogen (secondary N) is 1. The third-order valence-electron chi connectivity index (χ3n) is 3.04. The topological polar surface area (TPSA) is 79.5 Å². The number of aromatic carboxylic acids is 1. The van der Waals surface area contributed by atoms with Crippen LogP contribution in [0.5, 0.6) is 0 Å². The van der Waals surface area contributed by atoms with Gasteiger partial charge < -0.3 is 14.8 Å². The Hall–Kier alpha value is -1.78. The predicted molar refractivity (Wildman–Crippen MR) is 59.5 cm³/mol. The molecule has 5 heteroatoms. The highest BCUT2D eigenvalue weighted by atomic mass is 16.4. The monoisotopic (exact) mass is 237 g/mol. The van der Waals surface area contributed by atoms with Gasteiger partial charge in [0.05, 0.1) is 6.54 Å². The Balaban J connectivity index is 1.84. The molecule has 1 aliphatic carbocycles. The van der Waals surface area contributed by atoms with Gasteiger partial charge in [0.25, 0.3) is 0 Å². The summed E-state index contributed by atoms with van der Waals surface area (Å²) in [7, 11) is 0. The van der Waals surface area contributed by atoms with Crippen molar-refractivity contribution >= 4 is 11.9 Å². The molecule has 0 bridgehead atoms. The van der Waals surface area contributed by atoms with Crippen LogP contribution in [0, 0.1) is 5.92 Å². The Morgan fingerprint density at radius 3 is 2.65 bits per heavy atom. The number of rotatable bonds is 4. The van der Waals surface area contributed by atoms with Crippen LogP contribution in [0.2, 0.25) is 0 Å². The lowest BCUT2D eigenvalue weighted by molar-refractivity contribution is -0.125. The summed E-state index contributed by atoms with van der Waals surface area (Å²) in [6.07, 6.45) is 4.12. The maximum Gasteiger partial charge on any atom is 0.371 e. The summed E-state index contributed by atoms with van der Waals surface area (Å²) < 4.78 is 5.04. The van der Waals surface area contributed by atoms with Crippen molar-refractivity contribution < 1.29 is 19.1 Å². The minimum atomic E-state index is -1.10. The second-order valence-electron chi connectivity index (χ2n) is 4.27. The van der Waals surface area contributed by atoms with Crippen molar-refractivity contribution in [1.82, 2.24) is 5.32 Å². The second-order valence-corrected chi connectivity index (χ2v) is 4.27. The fourth-order valence-corrected chi connectivity index (χ4v) is 2.09.